The van der Waals surface area contributed by atoms with Crippen LogP contribution in [0.25, 0.3) is 10.9 Å². The summed E-state index contributed by atoms with van der Waals surface area (Å²) in [5.74, 6) is -0.271. The zero-order valence-electron chi connectivity index (χ0n) is 15.9. The third-order valence-electron chi connectivity index (χ3n) is 4.22. The first kappa shape index (κ1) is 19.8. The highest BCUT2D eigenvalue weighted by Crippen LogP contribution is 2.23. The lowest BCUT2D eigenvalue weighted by molar-refractivity contribution is 0.0750. The second-order valence-corrected chi connectivity index (χ2v) is 6.39. The van der Waals surface area contributed by atoms with E-state index in [1.807, 2.05) is 24.3 Å². The first-order chi connectivity index (χ1) is 14.1. The van der Waals surface area contributed by atoms with Gasteiger partial charge in [0.1, 0.15) is 17.0 Å². The molecule has 2 heterocycles. The Bertz CT molecular complexity index is 1070. The fraction of sp³-hybridized carbons (Fsp3) is 0.0870. The highest BCUT2D eigenvalue weighted by atomic mass is 16.3. The van der Waals surface area contributed by atoms with Crippen LogP contribution in [0.3, 0.4) is 0 Å². The summed E-state index contributed by atoms with van der Waals surface area (Å²) in [6.07, 6.45) is 8.56. The van der Waals surface area contributed by atoms with E-state index in [0.29, 0.717) is 11.2 Å². The van der Waals surface area contributed by atoms with Crippen LogP contribution in [0.15, 0.2) is 91.3 Å². The molecule has 0 aliphatic rings. The van der Waals surface area contributed by atoms with Gasteiger partial charge >= 0.3 is 0 Å². The molecule has 146 valence electrons. The molecule has 0 fully saturated rings. The Kier molecular flexibility index (Phi) is 6.37. The van der Waals surface area contributed by atoms with Crippen molar-refractivity contribution >= 4 is 16.8 Å². The number of aromatic hydroxyl groups is 1. The van der Waals surface area contributed by atoms with Crippen molar-refractivity contribution in [1.82, 2.24) is 14.9 Å². The van der Waals surface area contributed by atoms with Crippen LogP contribution in [-0.2, 0) is 6.54 Å². The predicted molar refractivity (Wildman–Crippen MR) is 114 cm³/mol. The van der Waals surface area contributed by atoms with Gasteiger partial charge in [0.2, 0.25) is 0 Å². The van der Waals surface area contributed by atoms with Crippen molar-refractivity contribution in [2.75, 3.05) is 6.54 Å². The summed E-state index contributed by atoms with van der Waals surface area (Å²) < 4.78 is 0. The van der Waals surface area contributed by atoms with Gasteiger partial charge in [-0.15, -0.1) is 0 Å². The number of carbonyl (C=O) groups is 1. The number of para-hydroxylation sites is 1. The molecule has 6 nitrogen and oxygen atoms in total. The van der Waals surface area contributed by atoms with Gasteiger partial charge in [-0.3, -0.25) is 9.78 Å². The highest BCUT2D eigenvalue weighted by Gasteiger charge is 2.19. The minimum atomic E-state index is -0.301. The van der Waals surface area contributed by atoms with E-state index in [1.54, 1.807) is 59.7 Å². The third-order valence-corrected chi connectivity index (χ3v) is 4.22. The summed E-state index contributed by atoms with van der Waals surface area (Å²) in [4.78, 5) is 23.5. The van der Waals surface area contributed by atoms with E-state index in [4.69, 9.17) is 5.73 Å². The second-order valence-electron chi connectivity index (χ2n) is 6.39. The molecule has 0 atom stereocenters. The van der Waals surface area contributed by atoms with Gasteiger partial charge < -0.3 is 15.7 Å². The zero-order chi connectivity index (χ0) is 20.6. The maximum Gasteiger partial charge on any atom is 0.273 e. The summed E-state index contributed by atoms with van der Waals surface area (Å²) in [5, 5.41) is 10.8. The fourth-order valence-corrected chi connectivity index (χ4v) is 2.83. The molecule has 2 aromatic heterocycles. The van der Waals surface area contributed by atoms with Crippen LogP contribution in [-0.4, -0.2) is 32.4 Å². The lowest BCUT2D eigenvalue weighted by atomic mass is 10.1. The third kappa shape index (κ3) is 5.07. The number of allylic oxidation sites excluding steroid dienone is 4. The second kappa shape index (κ2) is 9.32. The van der Waals surface area contributed by atoms with Crippen LogP contribution in [0, 0.1) is 0 Å². The summed E-state index contributed by atoms with van der Waals surface area (Å²) in [7, 11) is 0. The predicted octanol–water partition coefficient (Wildman–Crippen LogP) is 3.56. The number of rotatable bonds is 7. The van der Waals surface area contributed by atoms with Crippen LogP contribution in [0.5, 0.6) is 5.75 Å². The van der Waals surface area contributed by atoms with Gasteiger partial charge in [-0.05, 0) is 30.3 Å². The van der Waals surface area contributed by atoms with E-state index in [2.05, 4.69) is 16.5 Å². The molecule has 3 aromatic rings. The highest BCUT2D eigenvalue weighted by molar-refractivity contribution is 5.96. The van der Waals surface area contributed by atoms with E-state index >= 15 is 0 Å². The molecule has 1 aromatic carbocycles. The smallest absolute Gasteiger partial charge is 0.273 e. The number of fused-ring (bicyclic) bond motifs is 1. The zero-order valence-corrected chi connectivity index (χ0v) is 15.9. The number of hydrogen-bond donors (Lipinski definition) is 2. The van der Waals surface area contributed by atoms with Crippen molar-refractivity contribution in [3.05, 3.63) is 103 Å². The Balaban J connectivity index is 1.92. The Labute approximate surface area is 169 Å². The van der Waals surface area contributed by atoms with E-state index in [1.165, 1.54) is 0 Å². The first-order valence-corrected chi connectivity index (χ1v) is 9.10. The number of nitrogens with zero attached hydrogens (tertiary/aromatic N) is 3. The molecule has 0 unspecified atom stereocenters. The quantitative estimate of drug-likeness (QED) is 0.606. The standard InChI is InChI=1S/C23H22N4O2/c1-2-3-4-9-18(24)15-27(16-19-10-5-6-14-25-19)23(29)20-13-12-17-8-7-11-21(28)22(17)26-20/h2-14,28H,1,15-16,24H2/b4-3-,18-9-. The van der Waals surface area contributed by atoms with Crippen molar-refractivity contribution in [3.8, 4) is 5.75 Å². The number of phenolic OH excluding ortho intramolecular Hbond substituents is 1. The van der Waals surface area contributed by atoms with Gasteiger partial charge in [0.25, 0.3) is 5.91 Å². The SMILES string of the molecule is C=C/C=C\C=C(/N)CN(Cc1ccccn1)C(=O)c1ccc2cccc(O)c2n1. The molecule has 0 radical (unpaired) electrons. The van der Waals surface area contributed by atoms with Gasteiger partial charge in [0.15, 0.2) is 0 Å². The molecule has 0 aliphatic carbocycles. The number of hydrogen-bond acceptors (Lipinski definition) is 5. The van der Waals surface area contributed by atoms with Gasteiger partial charge in [0.05, 0.1) is 18.8 Å². The van der Waals surface area contributed by atoms with Crippen molar-refractivity contribution in [2.45, 2.75) is 6.54 Å². The molecule has 0 spiro atoms. The van der Waals surface area contributed by atoms with E-state index < -0.39 is 0 Å². The number of nitrogens with two attached hydrogens (primary N) is 1. The van der Waals surface area contributed by atoms with Crippen LogP contribution < -0.4 is 5.73 Å². The molecule has 3 rings (SSSR count). The largest absolute Gasteiger partial charge is 0.506 e. The van der Waals surface area contributed by atoms with Crippen molar-refractivity contribution in [3.63, 3.8) is 0 Å². The Morgan fingerprint density at radius 1 is 1.14 bits per heavy atom. The van der Waals surface area contributed by atoms with Crippen LogP contribution in [0.4, 0.5) is 0 Å². The van der Waals surface area contributed by atoms with E-state index in [0.717, 1.165) is 11.1 Å². The lowest BCUT2D eigenvalue weighted by Gasteiger charge is -2.22. The topological polar surface area (TPSA) is 92.3 Å². The number of amides is 1. The van der Waals surface area contributed by atoms with Gasteiger partial charge in [-0.2, -0.15) is 0 Å². The monoisotopic (exact) mass is 386 g/mol. The summed E-state index contributed by atoms with van der Waals surface area (Å²) in [6.45, 7) is 4.10. The number of aromatic nitrogens is 2. The Morgan fingerprint density at radius 2 is 2.00 bits per heavy atom. The molecular formula is C23H22N4O2. The number of pyridine rings is 2. The van der Waals surface area contributed by atoms with Crippen LogP contribution in [0.1, 0.15) is 16.2 Å². The normalized spacial score (nSPS) is 11.7. The Morgan fingerprint density at radius 3 is 2.76 bits per heavy atom. The fourth-order valence-electron chi connectivity index (χ4n) is 2.83. The van der Waals surface area contributed by atoms with Gasteiger partial charge in [0, 0.05) is 17.3 Å². The molecule has 3 N–H and O–H groups in total. The van der Waals surface area contributed by atoms with Crippen LogP contribution >= 0.6 is 0 Å². The van der Waals surface area contributed by atoms with Crippen molar-refractivity contribution < 1.29 is 9.90 Å². The van der Waals surface area contributed by atoms with Crippen molar-refractivity contribution in [1.29, 1.82) is 0 Å². The Hall–Kier alpha value is -3.93. The summed E-state index contributed by atoms with van der Waals surface area (Å²) in [6, 6.07) is 14.0. The van der Waals surface area contributed by atoms with Gasteiger partial charge in [-0.25, -0.2) is 4.98 Å². The number of phenols is 1. The van der Waals surface area contributed by atoms with E-state index in [9.17, 15) is 9.90 Å². The molecule has 6 heteroatoms. The average Bonchev–Trinajstić information content (AvgIpc) is 2.74. The molecule has 0 saturated carbocycles. The average molecular weight is 386 g/mol. The molecule has 0 saturated heterocycles. The van der Waals surface area contributed by atoms with Crippen LogP contribution in [0.2, 0.25) is 0 Å². The summed E-state index contributed by atoms with van der Waals surface area (Å²) in [5.41, 5.74) is 7.95. The summed E-state index contributed by atoms with van der Waals surface area (Å²) >= 11 is 0. The minimum Gasteiger partial charge on any atom is -0.506 e. The van der Waals surface area contributed by atoms with Crippen molar-refractivity contribution in [2.24, 2.45) is 5.73 Å². The molecule has 1 amide bonds. The molecule has 0 bridgehead atoms. The maximum atomic E-state index is 13.2. The maximum absolute atomic E-state index is 13.2. The molecule has 29 heavy (non-hydrogen) atoms. The minimum absolute atomic E-state index is 0.0300. The lowest BCUT2D eigenvalue weighted by Crippen LogP contribution is -2.34. The first-order valence-electron chi connectivity index (χ1n) is 9.10. The molecular weight excluding hydrogens is 364 g/mol. The number of carbonyl (C=O) groups excluding carboxylic acids is 1. The number of benzene rings is 1. The van der Waals surface area contributed by atoms with Gasteiger partial charge in [-0.1, -0.05) is 49.1 Å². The van der Waals surface area contributed by atoms with E-state index in [-0.39, 0.29) is 30.4 Å². The molecule has 0 aliphatic heterocycles.